The van der Waals surface area contributed by atoms with Gasteiger partial charge in [-0.05, 0) is 67.8 Å². The average molecular weight is 537 g/mol. The molecule has 0 fully saturated rings. The summed E-state index contributed by atoms with van der Waals surface area (Å²) in [7, 11) is 0. The van der Waals surface area contributed by atoms with E-state index in [2.05, 4.69) is 58.8 Å². The Morgan fingerprint density at radius 2 is 1.56 bits per heavy atom. The van der Waals surface area contributed by atoms with Crippen LogP contribution in [-0.2, 0) is 12.2 Å². The molecule has 0 spiro atoms. The number of nitrogens with zero attached hydrogens (tertiary/aromatic N) is 3. The van der Waals surface area contributed by atoms with Crippen LogP contribution in [0.4, 0.5) is 4.39 Å². The predicted molar refractivity (Wildman–Crippen MR) is 154 cm³/mol. The number of carbonyl (C=O) groups is 1. The number of hydrogen-bond donors (Lipinski definition) is 1. The summed E-state index contributed by atoms with van der Waals surface area (Å²) in [6, 6.07) is 31.6. The molecule has 0 saturated heterocycles. The number of carbonyl (C=O) groups excluding carboxylic acids is 1. The lowest BCUT2D eigenvalue weighted by Gasteiger charge is -2.20. The minimum Gasteiger partial charge on any atom is -0.342 e. The molecule has 196 valence electrons. The van der Waals surface area contributed by atoms with Crippen molar-refractivity contribution in [3.05, 3.63) is 143 Å². The molecule has 1 amide bonds. The van der Waals surface area contributed by atoms with Crippen LogP contribution in [0, 0.1) is 19.7 Å². The fraction of sp³-hybridized carbons (Fsp3) is 0.156. The first-order valence-corrected chi connectivity index (χ1v) is 13.8. The van der Waals surface area contributed by atoms with Gasteiger partial charge in [0.1, 0.15) is 5.82 Å². The molecule has 5 rings (SSSR count). The van der Waals surface area contributed by atoms with E-state index in [0.717, 1.165) is 27.7 Å². The van der Waals surface area contributed by atoms with E-state index in [1.807, 2.05) is 54.0 Å². The lowest BCUT2D eigenvalue weighted by atomic mass is 10.0. The topological polar surface area (TPSA) is 59.8 Å². The maximum atomic E-state index is 13.5. The lowest BCUT2D eigenvalue weighted by molar-refractivity contribution is 0.0934. The van der Waals surface area contributed by atoms with Crippen molar-refractivity contribution in [3.63, 3.8) is 0 Å². The van der Waals surface area contributed by atoms with Crippen LogP contribution < -0.4 is 5.32 Å². The second-order valence-corrected chi connectivity index (χ2v) is 10.5. The first kappa shape index (κ1) is 26.4. The zero-order chi connectivity index (χ0) is 27.2. The van der Waals surface area contributed by atoms with E-state index >= 15 is 0 Å². The fourth-order valence-corrected chi connectivity index (χ4v) is 5.29. The van der Waals surface area contributed by atoms with Gasteiger partial charge in [0.25, 0.3) is 5.91 Å². The van der Waals surface area contributed by atoms with Gasteiger partial charge in [0.2, 0.25) is 0 Å². The quantitative estimate of drug-likeness (QED) is 0.206. The maximum Gasteiger partial charge on any atom is 0.251 e. The predicted octanol–water partition coefficient (Wildman–Crippen LogP) is 7.03. The standard InChI is InChI=1S/C32H29FN4OS/c1-22-11-17-28(18-12-22)37-30(35-36-32(37)39-21-25-10-6-7-23(2)19-25)29(20-24-8-4-3-5-9-24)34-31(38)26-13-15-27(33)16-14-26/h3-19,29H,20-21H2,1-2H3,(H,34,38). The van der Waals surface area contributed by atoms with E-state index in [4.69, 9.17) is 0 Å². The third-order valence-electron chi connectivity index (χ3n) is 6.41. The number of benzene rings is 4. The molecule has 5 aromatic rings. The van der Waals surface area contributed by atoms with Crippen LogP contribution in [-0.4, -0.2) is 20.7 Å². The molecular formula is C32H29FN4OS. The zero-order valence-electron chi connectivity index (χ0n) is 21.8. The summed E-state index contributed by atoms with van der Waals surface area (Å²) >= 11 is 1.60. The Bertz CT molecular complexity index is 1550. The Morgan fingerprint density at radius 1 is 0.846 bits per heavy atom. The monoisotopic (exact) mass is 536 g/mol. The van der Waals surface area contributed by atoms with Crippen molar-refractivity contribution in [2.75, 3.05) is 0 Å². The summed E-state index contributed by atoms with van der Waals surface area (Å²) in [5, 5.41) is 13.1. The Hall–Kier alpha value is -4.23. The van der Waals surface area contributed by atoms with Crippen molar-refractivity contribution in [3.8, 4) is 5.69 Å². The molecule has 1 N–H and O–H groups in total. The highest BCUT2D eigenvalue weighted by Crippen LogP contribution is 2.29. The molecule has 1 unspecified atom stereocenters. The van der Waals surface area contributed by atoms with E-state index in [9.17, 15) is 9.18 Å². The average Bonchev–Trinajstić information content (AvgIpc) is 3.37. The summed E-state index contributed by atoms with van der Waals surface area (Å²) in [6.07, 6.45) is 0.514. The van der Waals surface area contributed by atoms with Crippen LogP contribution in [0.15, 0.2) is 108 Å². The summed E-state index contributed by atoms with van der Waals surface area (Å²) in [5.41, 5.74) is 5.90. The van der Waals surface area contributed by atoms with Crippen molar-refractivity contribution < 1.29 is 9.18 Å². The van der Waals surface area contributed by atoms with E-state index in [1.165, 1.54) is 35.4 Å². The molecule has 1 heterocycles. The lowest BCUT2D eigenvalue weighted by Crippen LogP contribution is -2.32. The molecule has 0 aliphatic heterocycles. The van der Waals surface area contributed by atoms with Crippen LogP contribution in [0.1, 0.15) is 44.5 Å². The molecule has 1 aromatic heterocycles. The van der Waals surface area contributed by atoms with Crippen molar-refractivity contribution in [1.82, 2.24) is 20.1 Å². The molecule has 0 aliphatic carbocycles. The van der Waals surface area contributed by atoms with Gasteiger partial charge in [0.15, 0.2) is 11.0 Å². The number of hydrogen-bond acceptors (Lipinski definition) is 4. The Morgan fingerprint density at radius 3 is 2.28 bits per heavy atom. The Kier molecular flexibility index (Phi) is 8.18. The summed E-state index contributed by atoms with van der Waals surface area (Å²) < 4.78 is 15.5. The second kappa shape index (κ2) is 12.1. The highest BCUT2D eigenvalue weighted by molar-refractivity contribution is 7.98. The molecule has 7 heteroatoms. The number of aryl methyl sites for hydroxylation is 2. The Labute approximate surface area is 232 Å². The minimum absolute atomic E-state index is 0.302. The molecule has 0 aliphatic rings. The van der Waals surface area contributed by atoms with Crippen LogP contribution in [0.5, 0.6) is 0 Å². The molecule has 5 nitrogen and oxygen atoms in total. The van der Waals surface area contributed by atoms with Crippen molar-refractivity contribution in [1.29, 1.82) is 0 Å². The highest BCUT2D eigenvalue weighted by atomic mass is 32.2. The summed E-state index contributed by atoms with van der Waals surface area (Å²) in [5.74, 6) is 0.673. The van der Waals surface area contributed by atoms with Gasteiger partial charge in [-0.25, -0.2) is 4.39 Å². The van der Waals surface area contributed by atoms with Crippen LogP contribution in [0.2, 0.25) is 0 Å². The first-order chi connectivity index (χ1) is 19.0. The maximum absolute atomic E-state index is 13.5. The van der Waals surface area contributed by atoms with E-state index < -0.39 is 6.04 Å². The van der Waals surface area contributed by atoms with Gasteiger partial charge in [0, 0.05) is 17.0 Å². The smallest absolute Gasteiger partial charge is 0.251 e. The van der Waals surface area contributed by atoms with E-state index in [-0.39, 0.29) is 11.7 Å². The van der Waals surface area contributed by atoms with Crippen LogP contribution in [0.3, 0.4) is 0 Å². The van der Waals surface area contributed by atoms with Crippen LogP contribution >= 0.6 is 11.8 Å². The van der Waals surface area contributed by atoms with Crippen molar-refractivity contribution in [2.24, 2.45) is 0 Å². The molecule has 0 bridgehead atoms. The third-order valence-corrected chi connectivity index (χ3v) is 7.41. The van der Waals surface area contributed by atoms with Gasteiger partial charge < -0.3 is 5.32 Å². The minimum atomic E-state index is -0.480. The molecule has 0 radical (unpaired) electrons. The molecular weight excluding hydrogens is 507 g/mol. The SMILES string of the molecule is Cc1ccc(-n2c(SCc3cccc(C)c3)nnc2C(Cc2ccccc2)NC(=O)c2ccc(F)cc2)cc1. The first-order valence-electron chi connectivity index (χ1n) is 12.8. The van der Waals surface area contributed by atoms with Crippen LogP contribution in [0.25, 0.3) is 5.69 Å². The summed E-state index contributed by atoms with van der Waals surface area (Å²) in [4.78, 5) is 13.3. The van der Waals surface area contributed by atoms with Gasteiger partial charge in [0.05, 0.1) is 6.04 Å². The van der Waals surface area contributed by atoms with E-state index in [1.54, 1.807) is 11.8 Å². The second-order valence-electron chi connectivity index (χ2n) is 9.51. The van der Waals surface area contributed by atoms with Crippen molar-refractivity contribution >= 4 is 17.7 Å². The van der Waals surface area contributed by atoms with E-state index in [0.29, 0.717) is 17.8 Å². The molecule has 39 heavy (non-hydrogen) atoms. The molecule has 4 aromatic carbocycles. The van der Waals surface area contributed by atoms with Gasteiger partial charge >= 0.3 is 0 Å². The van der Waals surface area contributed by atoms with Gasteiger partial charge in [-0.2, -0.15) is 0 Å². The van der Waals surface area contributed by atoms with Gasteiger partial charge in [-0.1, -0.05) is 89.6 Å². The zero-order valence-corrected chi connectivity index (χ0v) is 22.7. The Balaban J connectivity index is 1.53. The molecule has 0 saturated carbocycles. The van der Waals surface area contributed by atoms with Gasteiger partial charge in [-0.3, -0.25) is 9.36 Å². The number of rotatable bonds is 9. The number of amides is 1. The molecule has 1 atom stereocenters. The highest BCUT2D eigenvalue weighted by Gasteiger charge is 2.25. The number of thioether (sulfide) groups is 1. The number of aromatic nitrogens is 3. The number of halogens is 1. The largest absolute Gasteiger partial charge is 0.342 e. The number of nitrogens with one attached hydrogen (secondary N) is 1. The summed E-state index contributed by atoms with van der Waals surface area (Å²) in [6.45, 7) is 4.13. The fourth-order valence-electron chi connectivity index (χ4n) is 4.39. The van der Waals surface area contributed by atoms with Gasteiger partial charge in [-0.15, -0.1) is 10.2 Å². The normalized spacial score (nSPS) is 11.8. The van der Waals surface area contributed by atoms with Crippen molar-refractivity contribution in [2.45, 2.75) is 37.2 Å². The third kappa shape index (κ3) is 6.62.